The summed E-state index contributed by atoms with van der Waals surface area (Å²) in [7, 11) is 0. The van der Waals surface area contributed by atoms with Gasteiger partial charge in [-0.15, -0.1) is 0 Å². The van der Waals surface area contributed by atoms with Crippen molar-refractivity contribution in [2.24, 2.45) is 0 Å². The topological polar surface area (TPSA) is 38.7 Å². The van der Waals surface area contributed by atoms with Crippen molar-refractivity contribution in [3.8, 4) is 12.3 Å². The number of aliphatic hydroxyl groups is 1. The zero-order valence-corrected chi connectivity index (χ0v) is 23.4. The van der Waals surface area contributed by atoms with Gasteiger partial charge in [0.05, 0.1) is 0 Å². The van der Waals surface area contributed by atoms with E-state index < -0.39 is 0 Å². The maximum atomic E-state index is 9.18. The van der Waals surface area contributed by atoms with E-state index in [1.807, 2.05) is 0 Å². The molecule has 1 rings (SSSR count). The second kappa shape index (κ2) is 6.82. The fourth-order valence-electron chi connectivity index (χ4n) is 1.60. The number of ether oxygens (including phenoxy) is 1. The standard InChI is InChI=1S/C8H9O3.3Tl.2H/c1-2-8-7(10)4-3-6(5-9)11-8;;;;;/h1,3-4,6-9H,5H2;;;;;/q-1;;;+1;;/t6-,7-,8+;;;;;/m0...../s1. The van der Waals surface area contributed by atoms with Gasteiger partial charge in [0.1, 0.15) is 0 Å². The van der Waals surface area contributed by atoms with E-state index in [1.165, 1.54) is 0 Å². The molecule has 3 nitrogen and oxygen atoms in total. The second-order valence-corrected chi connectivity index (χ2v) is 11.8. The minimum absolute atomic E-state index is 0.0155. The monoisotopic (exact) mass is 770 g/mol. The average Bonchev–Trinajstić information content (AvgIpc) is 2.21. The Morgan fingerprint density at radius 2 is 2.14 bits per heavy atom. The third kappa shape index (κ3) is 3.11. The first-order chi connectivity index (χ1) is 6.65. The van der Waals surface area contributed by atoms with Crippen LogP contribution in [0.25, 0.3) is 0 Å². The fourth-order valence-corrected chi connectivity index (χ4v) is 10.9. The Hall–Kier alpha value is 2.21. The van der Waals surface area contributed by atoms with E-state index in [0.29, 0.717) is 84.7 Å². The molecule has 1 N–H and O–H groups in total. The Balaban J connectivity index is 2.78. The van der Waals surface area contributed by atoms with E-state index in [4.69, 9.17) is 13.8 Å². The van der Waals surface area contributed by atoms with Gasteiger partial charge in [0.2, 0.25) is 0 Å². The van der Waals surface area contributed by atoms with Crippen LogP contribution in [0.15, 0.2) is 0 Å². The molecule has 1 aliphatic rings. The predicted molar refractivity (Wildman–Crippen MR) is 57.0 cm³/mol. The van der Waals surface area contributed by atoms with Crippen LogP contribution in [0.1, 0.15) is 0 Å². The average molecular weight is 768 g/mol. The Labute approximate surface area is 132 Å². The Morgan fingerprint density at radius 3 is 2.57 bits per heavy atom. The molecule has 0 amide bonds. The van der Waals surface area contributed by atoms with Gasteiger partial charge in [0, 0.05) is 0 Å². The summed E-state index contributed by atoms with van der Waals surface area (Å²) in [5.41, 5.74) is 0. The quantitative estimate of drug-likeness (QED) is 0.268. The predicted octanol–water partition coefficient (Wildman–Crippen LogP) is -1.77. The molecule has 0 saturated carbocycles. The first kappa shape index (κ1) is 14.3. The number of hydrogen-bond acceptors (Lipinski definition) is 3. The Bertz CT molecular complexity index is 230. The molecule has 1 fully saturated rings. The van der Waals surface area contributed by atoms with Gasteiger partial charge in [-0.2, -0.15) is 0 Å². The van der Waals surface area contributed by atoms with Crippen LogP contribution < -0.4 is 0 Å². The molecule has 0 spiro atoms. The van der Waals surface area contributed by atoms with Crippen LogP contribution in [-0.4, -0.2) is 108 Å². The van der Waals surface area contributed by atoms with Gasteiger partial charge in [0.25, 0.3) is 0 Å². The molecule has 1 saturated heterocycles. The molecular formula is C8H11O3Tl3. The van der Waals surface area contributed by atoms with Crippen LogP contribution in [0.3, 0.4) is 0 Å². The van der Waals surface area contributed by atoms with Crippen LogP contribution in [-0.2, 0) is 7.42 Å². The summed E-state index contributed by atoms with van der Waals surface area (Å²) in [5, 5.41) is 9.18. The van der Waals surface area contributed by atoms with Crippen LogP contribution in [0.2, 0.25) is 6.95 Å². The molecule has 0 bridgehead atoms. The number of rotatable bonds is 2. The molecule has 0 radical (unpaired) electrons. The molecule has 0 aromatic rings. The molecule has 0 aromatic carbocycles. The summed E-state index contributed by atoms with van der Waals surface area (Å²) < 4.78 is 12.4. The molecule has 5 atom stereocenters. The maximum absolute atomic E-state index is 9.18. The van der Waals surface area contributed by atoms with E-state index in [2.05, 4.69) is 5.92 Å². The molecule has 14 heavy (non-hydrogen) atoms. The second-order valence-electron chi connectivity index (χ2n) is 3.37. The van der Waals surface area contributed by atoms with Gasteiger partial charge >= 0.3 is 135 Å². The number of terminal acetylenes is 1. The van der Waals surface area contributed by atoms with Crippen LogP contribution >= 0.6 is 0 Å². The molecule has 70 valence electrons. The summed E-state index contributed by atoms with van der Waals surface area (Å²) in [6.07, 6.45) is 5.31. The molecular weight excluding hydrogens is 757 g/mol. The fraction of sp³-hybridized carbons (Fsp3) is 0.750. The first-order valence-electron chi connectivity index (χ1n) is 4.39. The number of hydrogen-bond donors (Lipinski definition) is 1. The Kier molecular flexibility index (Phi) is 6.95. The summed E-state index contributed by atoms with van der Waals surface area (Å²) in [6, 6.07) is 0. The van der Waals surface area contributed by atoms with Crippen molar-refractivity contribution in [2.45, 2.75) is 25.3 Å². The summed E-state index contributed by atoms with van der Waals surface area (Å²) in [4.78, 5) is 0. The van der Waals surface area contributed by atoms with Crippen molar-refractivity contribution in [3.05, 3.63) is 0 Å². The van der Waals surface area contributed by atoms with E-state index >= 15 is 0 Å². The van der Waals surface area contributed by atoms with E-state index in [1.54, 1.807) is 0 Å². The van der Waals surface area contributed by atoms with Gasteiger partial charge in [-0.25, -0.2) is 0 Å². The zero-order chi connectivity index (χ0) is 10.7. The third-order valence-electron chi connectivity index (χ3n) is 2.57. The van der Waals surface area contributed by atoms with Crippen molar-refractivity contribution < 1.29 is 12.5 Å². The van der Waals surface area contributed by atoms with Gasteiger partial charge < -0.3 is 0 Å². The summed E-state index contributed by atoms with van der Waals surface area (Å²) in [6.45, 7) is 0.107. The zero-order valence-electron chi connectivity index (χ0n) is 7.93. The van der Waals surface area contributed by atoms with Crippen molar-refractivity contribution in [1.82, 2.24) is 0 Å². The molecule has 1 aliphatic heterocycles. The molecule has 0 aliphatic carbocycles. The molecule has 0 aromatic heterocycles. The summed E-state index contributed by atoms with van der Waals surface area (Å²) in [5.74, 6) is 2.64. The first-order valence-corrected chi connectivity index (χ1v) is 12.6. The van der Waals surface area contributed by atoms with Gasteiger partial charge in [-0.05, 0) is 0 Å². The van der Waals surface area contributed by atoms with E-state index in [0.717, 1.165) is 0 Å². The van der Waals surface area contributed by atoms with Gasteiger partial charge in [-0.1, -0.05) is 0 Å². The molecule has 1 heterocycles. The van der Waals surface area contributed by atoms with E-state index in [9.17, 15) is 5.11 Å². The van der Waals surface area contributed by atoms with Crippen LogP contribution in [0, 0.1) is 12.3 Å². The van der Waals surface area contributed by atoms with Crippen molar-refractivity contribution >= 4 is 77.8 Å². The minimum atomic E-state index is -0.223. The van der Waals surface area contributed by atoms with Crippen molar-refractivity contribution in [2.75, 3.05) is 6.61 Å². The van der Waals surface area contributed by atoms with Crippen molar-refractivity contribution in [1.29, 1.82) is 0 Å². The summed E-state index contributed by atoms with van der Waals surface area (Å²) >= 11 is 1.78. The van der Waals surface area contributed by atoms with Crippen LogP contribution in [0.5, 0.6) is 0 Å². The Morgan fingerprint density at radius 1 is 1.50 bits per heavy atom. The molecule has 0 unspecified atom stereocenters. The van der Waals surface area contributed by atoms with E-state index in [-0.39, 0.29) is 24.9 Å². The molecule has 6 heteroatoms. The number of aliphatic hydroxyl groups excluding tert-OH is 1. The van der Waals surface area contributed by atoms with Gasteiger partial charge in [0.15, 0.2) is 0 Å². The normalized spacial score (nSPS) is 42.8. The van der Waals surface area contributed by atoms with Crippen molar-refractivity contribution in [3.63, 3.8) is 0 Å². The van der Waals surface area contributed by atoms with Crippen LogP contribution in [0.4, 0.5) is 0 Å². The SMILES string of the molecule is C#C[C@H]1O[C@H](CO)[C@@H]([TlH])[C@H]([TlH])[C@@H]1[O][Tl]. The van der Waals surface area contributed by atoms with Gasteiger partial charge in [-0.3, -0.25) is 0 Å². The third-order valence-corrected chi connectivity index (χ3v) is 22.4.